The minimum Gasteiger partial charge on any atom is -0.493 e. The standard InChI is InChI=1S/C23H29N3O8S3/c1-36(28,29)25-10-11-26(18(15-25)23(27)24-34-21-4-2-3-12-33-21)37(30,31)22-8-7-20(35-22)17-5-6-19-16(14-17)9-13-32-19/h5-8,14,18,21H,2-4,9-13,15H2,1H3,(H,24,27). The molecule has 0 saturated carbocycles. The molecule has 14 heteroatoms. The van der Waals surface area contributed by atoms with Crippen LogP contribution in [0.2, 0.25) is 0 Å². The van der Waals surface area contributed by atoms with Crippen molar-refractivity contribution in [3.8, 4) is 16.2 Å². The first-order chi connectivity index (χ1) is 17.6. The number of carbonyl (C=O) groups excluding carboxylic acids is 1. The summed E-state index contributed by atoms with van der Waals surface area (Å²) in [5.41, 5.74) is 4.26. The molecule has 1 aromatic heterocycles. The number of ether oxygens (including phenoxy) is 2. The molecule has 37 heavy (non-hydrogen) atoms. The molecular weight excluding hydrogens is 542 g/mol. The molecule has 3 aliphatic heterocycles. The van der Waals surface area contributed by atoms with E-state index < -0.39 is 38.3 Å². The lowest BCUT2D eigenvalue weighted by Crippen LogP contribution is -2.61. The van der Waals surface area contributed by atoms with Crippen LogP contribution in [0.4, 0.5) is 0 Å². The zero-order valence-electron chi connectivity index (χ0n) is 20.3. The van der Waals surface area contributed by atoms with Crippen LogP contribution in [0.25, 0.3) is 10.4 Å². The number of amides is 1. The maximum Gasteiger partial charge on any atom is 0.263 e. The monoisotopic (exact) mass is 571 g/mol. The lowest BCUT2D eigenvalue weighted by atomic mass is 10.1. The number of nitrogens with zero attached hydrogens (tertiary/aromatic N) is 2. The van der Waals surface area contributed by atoms with Gasteiger partial charge in [-0.25, -0.2) is 27.2 Å². The van der Waals surface area contributed by atoms with Crippen LogP contribution in [0.15, 0.2) is 34.5 Å². The number of piperazine rings is 1. The predicted molar refractivity (Wildman–Crippen MR) is 136 cm³/mol. The highest BCUT2D eigenvalue weighted by molar-refractivity contribution is 7.91. The van der Waals surface area contributed by atoms with Crippen LogP contribution >= 0.6 is 11.3 Å². The number of sulfonamides is 2. The molecule has 11 nitrogen and oxygen atoms in total. The van der Waals surface area contributed by atoms with Crippen LogP contribution in [-0.4, -0.2) is 82.8 Å². The molecule has 2 atom stereocenters. The third kappa shape index (κ3) is 5.70. The molecular formula is C23H29N3O8S3. The van der Waals surface area contributed by atoms with E-state index in [1.165, 1.54) is 6.07 Å². The van der Waals surface area contributed by atoms with Gasteiger partial charge in [0.15, 0.2) is 6.29 Å². The number of hydrogen-bond donors (Lipinski definition) is 1. The van der Waals surface area contributed by atoms with Gasteiger partial charge in [-0.3, -0.25) is 4.79 Å². The van der Waals surface area contributed by atoms with E-state index in [0.29, 0.717) is 19.6 Å². The predicted octanol–water partition coefficient (Wildman–Crippen LogP) is 1.56. The van der Waals surface area contributed by atoms with Crippen LogP contribution in [-0.2, 0) is 40.8 Å². The maximum atomic E-state index is 13.7. The Morgan fingerprint density at radius 1 is 1.11 bits per heavy atom. The van der Waals surface area contributed by atoms with E-state index in [-0.39, 0.29) is 23.8 Å². The Labute approximate surface area is 220 Å². The molecule has 2 aromatic rings. The van der Waals surface area contributed by atoms with Gasteiger partial charge in [0.1, 0.15) is 16.0 Å². The summed E-state index contributed by atoms with van der Waals surface area (Å²) in [4.78, 5) is 19.2. The van der Waals surface area contributed by atoms with Gasteiger partial charge in [-0.2, -0.15) is 8.61 Å². The largest absolute Gasteiger partial charge is 0.493 e. The van der Waals surface area contributed by atoms with Gasteiger partial charge < -0.3 is 9.47 Å². The Morgan fingerprint density at radius 3 is 2.70 bits per heavy atom. The second-order valence-corrected chi connectivity index (χ2v) is 14.4. The summed E-state index contributed by atoms with van der Waals surface area (Å²) >= 11 is 1.10. The Morgan fingerprint density at radius 2 is 1.95 bits per heavy atom. The molecule has 202 valence electrons. The molecule has 0 radical (unpaired) electrons. The SMILES string of the molecule is CS(=O)(=O)N1CCN(S(=O)(=O)c2ccc(-c3ccc4c(c3)CCO4)s2)C(C(=O)NOC2CCCCO2)C1. The van der Waals surface area contributed by atoms with E-state index in [4.69, 9.17) is 14.3 Å². The fourth-order valence-corrected chi connectivity index (χ4v) is 8.44. The number of nitrogens with one attached hydrogen (secondary N) is 1. The van der Waals surface area contributed by atoms with Crippen molar-refractivity contribution in [1.82, 2.24) is 14.1 Å². The molecule has 0 bridgehead atoms. The summed E-state index contributed by atoms with van der Waals surface area (Å²) in [7, 11) is -7.75. The quantitative estimate of drug-likeness (QED) is 0.496. The van der Waals surface area contributed by atoms with Gasteiger partial charge in [0, 0.05) is 44.0 Å². The highest BCUT2D eigenvalue weighted by Gasteiger charge is 2.43. The summed E-state index contributed by atoms with van der Waals surface area (Å²) in [5.74, 6) is 0.0908. The highest BCUT2D eigenvalue weighted by atomic mass is 32.2. The summed E-state index contributed by atoms with van der Waals surface area (Å²) in [6, 6.07) is 7.71. The van der Waals surface area contributed by atoms with Crippen molar-refractivity contribution >= 4 is 37.3 Å². The molecule has 5 rings (SSSR count). The summed E-state index contributed by atoms with van der Waals surface area (Å²) in [6.07, 6.45) is 3.57. The minimum atomic E-state index is -4.11. The molecule has 2 saturated heterocycles. The number of hydrogen-bond acceptors (Lipinski definition) is 9. The Balaban J connectivity index is 1.38. The van der Waals surface area contributed by atoms with Gasteiger partial charge in [0.05, 0.1) is 12.9 Å². The molecule has 0 spiro atoms. The lowest BCUT2D eigenvalue weighted by Gasteiger charge is -2.38. The number of carbonyl (C=O) groups is 1. The molecule has 1 amide bonds. The zero-order valence-corrected chi connectivity index (χ0v) is 22.7. The van der Waals surface area contributed by atoms with Crippen molar-refractivity contribution in [2.24, 2.45) is 0 Å². The van der Waals surface area contributed by atoms with E-state index in [2.05, 4.69) is 5.48 Å². The summed E-state index contributed by atoms with van der Waals surface area (Å²) in [6.45, 7) is 0.586. The van der Waals surface area contributed by atoms with Gasteiger partial charge in [-0.05, 0) is 54.3 Å². The van der Waals surface area contributed by atoms with Crippen LogP contribution in [0.3, 0.4) is 0 Å². The Hall–Kier alpha value is -2.07. The number of hydroxylamine groups is 1. The first-order valence-electron chi connectivity index (χ1n) is 12.0. The Kier molecular flexibility index (Phi) is 7.60. The lowest BCUT2D eigenvalue weighted by molar-refractivity contribution is -0.202. The van der Waals surface area contributed by atoms with Crippen molar-refractivity contribution in [2.75, 3.05) is 39.1 Å². The van der Waals surface area contributed by atoms with Crippen LogP contribution in [0.1, 0.15) is 24.8 Å². The van der Waals surface area contributed by atoms with Gasteiger partial charge in [0.2, 0.25) is 10.0 Å². The fourth-order valence-electron chi connectivity index (χ4n) is 4.61. The van der Waals surface area contributed by atoms with Crippen LogP contribution in [0.5, 0.6) is 5.75 Å². The number of fused-ring (bicyclic) bond motifs is 1. The van der Waals surface area contributed by atoms with Gasteiger partial charge in [0.25, 0.3) is 15.9 Å². The summed E-state index contributed by atoms with van der Waals surface area (Å²) in [5, 5.41) is 0. The van der Waals surface area contributed by atoms with Crippen molar-refractivity contribution < 1.29 is 35.9 Å². The van der Waals surface area contributed by atoms with Gasteiger partial charge in [-0.1, -0.05) is 0 Å². The molecule has 2 fully saturated rings. The number of thiophene rings is 1. The number of rotatable bonds is 7. The third-order valence-electron chi connectivity index (χ3n) is 6.61. The second kappa shape index (κ2) is 10.6. The van der Waals surface area contributed by atoms with Gasteiger partial charge >= 0.3 is 0 Å². The van der Waals surface area contributed by atoms with E-state index >= 15 is 0 Å². The van der Waals surface area contributed by atoms with E-state index in [1.807, 2.05) is 18.2 Å². The second-order valence-electron chi connectivity index (χ2n) is 9.17. The molecule has 1 N–H and O–H groups in total. The van der Waals surface area contributed by atoms with Crippen LogP contribution in [0, 0.1) is 0 Å². The highest BCUT2D eigenvalue weighted by Crippen LogP contribution is 2.36. The van der Waals surface area contributed by atoms with Crippen LogP contribution < -0.4 is 10.2 Å². The third-order valence-corrected chi connectivity index (χ3v) is 11.4. The minimum absolute atomic E-state index is 0.0580. The first kappa shape index (κ1) is 26.5. The normalized spacial score (nSPS) is 23.4. The first-order valence-corrected chi connectivity index (χ1v) is 16.1. The summed E-state index contributed by atoms with van der Waals surface area (Å²) < 4.78 is 65.0. The average molecular weight is 572 g/mol. The van der Waals surface area contributed by atoms with Crippen molar-refractivity contribution in [1.29, 1.82) is 0 Å². The molecule has 3 aliphatic rings. The van der Waals surface area contributed by atoms with Gasteiger partial charge in [-0.15, -0.1) is 11.3 Å². The molecule has 0 aliphatic carbocycles. The van der Waals surface area contributed by atoms with Crippen molar-refractivity contribution in [3.05, 3.63) is 35.9 Å². The average Bonchev–Trinajstić information content (AvgIpc) is 3.57. The molecule has 1 aromatic carbocycles. The Bertz CT molecular complexity index is 1370. The number of benzene rings is 1. The fraction of sp³-hybridized carbons (Fsp3) is 0.522. The molecule has 4 heterocycles. The van der Waals surface area contributed by atoms with Crippen molar-refractivity contribution in [3.63, 3.8) is 0 Å². The molecule has 2 unspecified atom stereocenters. The smallest absolute Gasteiger partial charge is 0.263 e. The van der Waals surface area contributed by atoms with Crippen molar-refractivity contribution in [2.45, 2.75) is 42.2 Å². The van der Waals surface area contributed by atoms with E-state index in [9.17, 15) is 21.6 Å². The van der Waals surface area contributed by atoms with E-state index in [1.54, 1.807) is 6.07 Å². The van der Waals surface area contributed by atoms with E-state index in [0.717, 1.165) is 67.2 Å². The maximum absolute atomic E-state index is 13.7. The zero-order chi connectivity index (χ0) is 26.2. The topological polar surface area (TPSA) is 132 Å².